The summed E-state index contributed by atoms with van der Waals surface area (Å²) in [6.45, 7) is 3.94. The van der Waals surface area contributed by atoms with E-state index in [1.54, 1.807) is 0 Å². The molecule has 0 aromatic heterocycles. The molecule has 0 aliphatic carbocycles. The molecule has 2 unspecified atom stereocenters. The van der Waals surface area contributed by atoms with Gasteiger partial charge in [0, 0.05) is 14.9 Å². The monoisotopic (exact) mass is 352 g/mol. The Kier molecular flexibility index (Phi) is 4.90. The summed E-state index contributed by atoms with van der Waals surface area (Å²) in [5.41, 5.74) is 1.95. The third-order valence-electron chi connectivity index (χ3n) is 3.89. The Bertz CT molecular complexity index is 580. The Balaban J connectivity index is 2.37. The first kappa shape index (κ1) is 15.6. The molecular weight excluding hydrogens is 336 g/mol. The van der Waals surface area contributed by atoms with Crippen molar-refractivity contribution in [1.82, 2.24) is 0 Å². The predicted octanol–water partition coefficient (Wildman–Crippen LogP) is 4.98. The molecule has 0 amide bonds. The van der Waals surface area contributed by atoms with Gasteiger partial charge >= 0.3 is 0 Å². The first-order valence-electron chi connectivity index (χ1n) is 6.60. The molecular formula is C17H18BrClO. The van der Waals surface area contributed by atoms with Crippen molar-refractivity contribution in [3.05, 3.63) is 69.2 Å². The first-order valence-corrected chi connectivity index (χ1v) is 7.77. The first-order chi connectivity index (χ1) is 9.41. The van der Waals surface area contributed by atoms with Crippen molar-refractivity contribution in [3.63, 3.8) is 0 Å². The van der Waals surface area contributed by atoms with Gasteiger partial charge in [-0.2, -0.15) is 0 Å². The maximum atomic E-state index is 10.3. The van der Waals surface area contributed by atoms with Gasteiger partial charge in [-0.3, -0.25) is 0 Å². The molecule has 106 valence electrons. The van der Waals surface area contributed by atoms with Gasteiger partial charge in [0.15, 0.2) is 0 Å². The van der Waals surface area contributed by atoms with Crippen LogP contribution >= 0.6 is 27.5 Å². The van der Waals surface area contributed by atoms with Crippen LogP contribution in [0.3, 0.4) is 0 Å². The van der Waals surface area contributed by atoms with Crippen LogP contribution < -0.4 is 0 Å². The molecule has 0 heterocycles. The van der Waals surface area contributed by atoms with Crippen molar-refractivity contribution in [2.75, 3.05) is 0 Å². The zero-order valence-corrected chi connectivity index (χ0v) is 13.9. The second kappa shape index (κ2) is 6.30. The summed E-state index contributed by atoms with van der Waals surface area (Å²) >= 11 is 9.43. The van der Waals surface area contributed by atoms with E-state index in [0.717, 1.165) is 27.0 Å². The van der Waals surface area contributed by atoms with Crippen LogP contribution in [0, 0.1) is 0 Å². The minimum absolute atomic E-state index is 0.336. The van der Waals surface area contributed by atoms with Crippen molar-refractivity contribution < 1.29 is 5.11 Å². The molecule has 0 aliphatic heterocycles. The van der Waals surface area contributed by atoms with E-state index in [4.69, 9.17) is 11.6 Å². The minimum atomic E-state index is -0.451. The van der Waals surface area contributed by atoms with Gasteiger partial charge < -0.3 is 5.11 Å². The quantitative estimate of drug-likeness (QED) is 0.821. The molecule has 0 saturated heterocycles. The Morgan fingerprint density at radius 3 is 2.40 bits per heavy atom. The molecule has 1 N–H and O–H groups in total. The molecule has 2 aromatic carbocycles. The van der Waals surface area contributed by atoms with E-state index in [-0.39, 0.29) is 5.41 Å². The highest BCUT2D eigenvalue weighted by molar-refractivity contribution is 9.10. The van der Waals surface area contributed by atoms with E-state index >= 15 is 0 Å². The normalized spacial score (nSPS) is 15.7. The summed E-state index contributed by atoms with van der Waals surface area (Å²) in [6, 6.07) is 15.9. The number of halogens is 2. The fraction of sp³-hybridized carbons (Fsp3) is 0.294. The van der Waals surface area contributed by atoms with Crippen LogP contribution in [0.1, 0.15) is 25.0 Å². The van der Waals surface area contributed by atoms with Crippen LogP contribution in [0.25, 0.3) is 0 Å². The average Bonchev–Trinajstić information content (AvgIpc) is 2.41. The molecule has 2 rings (SSSR count). The van der Waals surface area contributed by atoms with Crippen LogP contribution in [0.15, 0.2) is 53.0 Å². The zero-order valence-electron chi connectivity index (χ0n) is 11.6. The van der Waals surface area contributed by atoms with Gasteiger partial charge in [0.25, 0.3) is 0 Å². The molecule has 2 atom stereocenters. The summed E-state index contributed by atoms with van der Waals surface area (Å²) in [5, 5.41) is 11.0. The standard InChI is InChI=1S/C17H18BrClO/c1-12(20)17(2,14-4-3-5-15(18)10-14)11-13-6-8-16(19)9-7-13/h3-10,12,20H,11H2,1-2H3. The smallest absolute Gasteiger partial charge is 0.0609 e. The van der Waals surface area contributed by atoms with E-state index in [0.29, 0.717) is 0 Å². The summed E-state index contributed by atoms with van der Waals surface area (Å²) in [5.74, 6) is 0. The van der Waals surface area contributed by atoms with Crippen molar-refractivity contribution in [3.8, 4) is 0 Å². The Morgan fingerprint density at radius 1 is 1.20 bits per heavy atom. The summed E-state index contributed by atoms with van der Waals surface area (Å²) in [6.07, 6.45) is 0.311. The van der Waals surface area contributed by atoms with E-state index in [1.807, 2.05) is 43.3 Å². The maximum absolute atomic E-state index is 10.3. The Hall–Kier alpha value is -0.830. The molecule has 0 saturated carbocycles. The second-order valence-electron chi connectivity index (χ2n) is 5.41. The van der Waals surface area contributed by atoms with E-state index in [2.05, 4.69) is 35.0 Å². The maximum Gasteiger partial charge on any atom is 0.0609 e. The fourth-order valence-electron chi connectivity index (χ4n) is 2.36. The molecule has 0 radical (unpaired) electrons. The van der Waals surface area contributed by atoms with Gasteiger partial charge in [-0.05, 0) is 48.7 Å². The molecule has 0 fully saturated rings. The lowest BCUT2D eigenvalue weighted by molar-refractivity contribution is 0.107. The number of benzene rings is 2. The third kappa shape index (κ3) is 3.43. The Labute approximate surface area is 133 Å². The van der Waals surface area contributed by atoms with Gasteiger partial charge in [0.05, 0.1) is 6.10 Å². The molecule has 20 heavy (non-hydrogen) atoms. The predicted molar refractivity (Wildman–Crippen MR) is 88.3 cm³/mol. The van der Waals surface area contributed by atoms with Gasteiger partial charge in [-0.1, -0.05) is 58.7 Å². The fourth-order valence-corrected chi connectivity index (χ4v) is 2.89. The number of aliphatic hydroxyl groups excluding tert-OH is 1. The van der Waals surface area contributed by atoms with Crippen molar-refractivity contribution in [1.29, 1.82) is 0 Å². The van der Waals surface area contributed by atoms with E-state index in [1.165, 1.54) is 0 Å². The topological polar surface area (TPSA) is 20.2 Å². The van der Waals surface area contributed by atoms with Crippen LogP contribution in [0.5, 0.6) is 0 Å². The largest absolute Gasteiger partial charge is 0.392 e. The lowest BCUT2D eigenvalue weighted by atomic mass is 9.73. The minimum Gasteiger partial charge on any atom is -0.392 e. The highest BCUT2D eigenvalue weighted by Gasteiger charge is 2.32. The molecule has 2 aromatic rings. The molecule has 0 spiro atoms. The summed E-state index contributed by atoms with van der Waals surface area (Å²) in [7, 11) is 0. The molecule has 0 bridgehead atoms. The van der Waals surface area contributed by atoms with E-state index in [9.17, 15) is 5.11 Å². The van der Waals surface area contributed by atoms with Crippen LogP contribution in [0.4, 0.5) is 0 Å². The number of hydrogen-bond donors (Lipinski definition) is 1. The van der Waals surface area contributed by atoms with Crippen LogP contribution in [0.2, 0.25) is 5.02 Å². The molecule has 3 heteroatoms. The SMILES string of the molecule is CC(O)C(C)(Cc1ccc(Cl)cc1)c1cccc(Br)c1. The number of hydrogen-bond acceptors (Lipinski definition) is 1. The average molecular weight is 354 g/mol. The zero-order chi connectivity index (χ0) is 14.8. The van der Waals surface area contributed by atoms with E-state index < -0.39 is 6.10 Å². The highest BCUT2D eigenvalue weighted by atomic mass is 79.9. The van der Waals surface area contributed by atoms with Gasteiger partial charge in [0.2, 0.25) is 0 Å². The number of aliphatic hydroxyl groups is 1. The molecule has 1 nitrogen and oxygen atoms in total. The van der Waals surface area contributed by atoms with Gasteiger partial charge in [-0.25, -0.2) is 0 Å². The van der Waals surface area contributed by atoms with Crippen LogP contribution in [-0.2, 0) is 11.8 Å². The highest BCUT2D eigenvalue weighted by Crippen LogP contribution is 2.33. The van der Waals surface area contributed by atoms with Gasteiger partial charge in [0.1, 0.15) is 0 Å². The van der Waals surface area contributed by atoms with Gasteiger partial charge in [-0.15, -0.1) is 0 Å². The molecule has 0 aliphatic rings. The lowest BCUT2D eigenvalue weighted by Crippen LogP contribution is -2.36. The summed E-state index contributed by atoms with van der Waals surface area (Å²) in [4.78, 5) is 0. The van der Waals surface area contributed by atoms with Crippen molar-refractivity contribution >= 4 is 27.5 Å². The second-order valence-corrected chi connectivity index (χ2v) is 6.76. The van der Waals surface area contributed by atoms with Crippen molar-refractivity contribution in [2.45, 2.75) is 31.8 Å². The lowest BCUT2D eigenvalue weighted by Gasteiger charge is -2.33. The van der Waals surface area contributed by atoms with Crippen molar-refractivity contribution in [2.24, 2.45) is 0 Å². The third-order valence-corrected chi connectivity index (χ3v) is 4.64. The Morgan fingerprint density at radius 2 is 1.85 bits per heavy atom. The summed E-state index contributed by atoms with van der Waals surface area (Å²) < 4.78 is 1.03. The number of rotatable bonds is 4. The van der Waals surface area contributed by atoms with Crippen LogP contribution in [-0.4, -0.2) is 11.2 Å².